The lowest BCUT2D eigenvalue weighted by atomic mass is 9.87. The number of hydrogen-bond acceptors (Lipinski definition) is 0. The molecule has 1 atom stereocenters. The lowest BCUT2D eigenvalue weighted by molar-refractivity contribution is 0.624. The van der Waals surface area contributed by atoms with Gasteiger partial charge in [-0.15, -0.1) is 0 Å². The molecular weight excluding hydrogens is 192 g/mol. The molecule has 0 aliphatic heterocycles. The summed E-state index contributed by atoms with van der Waals surface area (Å²) < 4.78 is 0. The standard InChI is InChI=1S/C16H20/c1-3-14-7-9-15(10-8-14)12-16-6-4-5-13(2)11-16/h3-5,7,9,11,16H,1,6,8,10,12H2,2H3. The molecule has 84 valence electrons. The van der Waals surface area contributed by atoms with Crippen LogP contribution in [0.25, 0.3) is 0 Å². The first-order chi connectivity index (χ1) is 7.78. The Balaban J connectivity index is 1.96. The number of rotatable bonds is 3. The van der Waals surface area contributed by atoms with E-state index in [1.807, 2.05) is 6.08 Å². The van der Waals surface area contributed by atoms with E-state index in [1.54, 1.807) is 5.57 Å². The van der Waals surface area contributed by atoms with Gasteiger partial charge in [0.2, 0.25) is 0 Å². The second kappa shape index (κ2) is 5.16. The Morgan fingerprint density at radius 2 is 2.25 bits per heavy atom. The van der Waals surface area contributed by atoms with Crippen molar-refractivity contribution in [3.63, 3.8) is 0 Å². The Labute approximate surface area is 98.8 Å². The average Bonchev–Trinajstić information content (AvgIpc) is 2.30. The molecule has 0 nitrogen and oxygen atoms in total. The van der Waals surface area contributed by atoms with Crippen molar-refractivity contribution in [1.82, 2.24) is 0 Å². The summed E-state index contributed by atoms with van der Waals surface area (Å²) in [4.78, 5) is 0. The van der Waals surface area contributed by atoms with Gasteiger partial charge in [-0.1, -0.05) is 54.2 Å². The van der Waals surface area contributed by atoms with Crippen LogP contribution >= 0.6 is 0 Å². The maximum atomic E-state index is 3.82. The average molecular weight is 212 g/mol. The van der Waals surface area contributed by atoms with Gasteiger partial charge in [0.05, 0.1) is 0 Å². The molecule has 0 aromatic rings. The third-order valence-electron chi connectivity index (χ3n) is 3.37. The van der Waals surface area contributed by atoms with Gasteiger partial charge in [-0.05, 0) is 44.1 Å². The molecule has 0 N–H and O–H groups in total. The number of hydrogen-bond donors (Lipinski definition) is 0. The molecule has 0 saturated heterocycles. The zero-order valence-corrected chi connectivity index (χ0v) is 10.1. The van der Waals surface area contributed by atoms with E-state index in [4.69, 9.17) is 0 Å². The molecule has 0 amide bonds. The largest absolute Gasteiger partial charge is 0.0988 e. The van der Waals surface area contributed by atoms with E-state index in [0.29, 0.717) is 0 Å². The Bertz CT molecular complexity index is 388. The molecule has 2 aliphatic rings. The highest BCUT2D eigenvalue weighted by atomic mass is 14.2. The van der Waals surface area contributed by atoms with Crippen molar-refractivity contribution in [2.45, 2.75) is 32.6 Å². The van der Waals surface area contributed by atoms with Crippen molar-refractivity contribution in [2.24, 2.45) is 5.92 Å². The van der Waals surface area contributed by atoms with E-state index >= 15 is 0 Å². The van der Waals surface area contributed by atoms with Crippen LogP contribution in [0.1, 0.15) is 32.6 Å². The van der Waals surface area contributed by atoms with E-state index in [0.717, 1.165) is 5.92 Å². The fraction of sp³-hybridized carbons (Fsp3) is 0.375. The predicted octanol–water partition coefficient (Wildman–Crippen LogP) is 4.73. The summed E-state index contributed by atoms with van der Waals surface area (Å²) in [5.41, 5.74) is 4.38. The lowest BCUT2D eigenvalue weighted by Crippen LogP contribution is -2.03. The van der Waals surface area contributed by atoms with E-state index in [1.165, 1.54) is 36.8 Å². The van der Waals surface area contributed by atoms with Gasteiger partial charge < -0.3 is 0 Å². The molecule has 0 heterocycles. The summed E-state index contributed by atoms with van der Waals surface area (Å²) in [6, 6.07) is 0. The highest BCUT2D eigenvalue weighted by molar-refractivity contribution is 5.31. The van der Waals surface area contributed by atoms with Gasteiger partial charge in [-0.25, -0.2) is 0 Å². The fourth-order valence-electron chi connectivity index (χ4n) is 2.44. The Kier molecular flexibility index (Phi) is 3.61. The first-order valence-electron chi connectivity index (χ1n) is 6.14. The molecular formula is C16H20. The minimum absolute atomic E-state index is 0.718. The fourth-order valence-corrected chi connectivity index (χ4v) is 2.44. The van der Waals surface area contributed by atoms with Crippen LogP contribution in [0.15, 0.2) is 59.8 Å². The van der Waals surface area contributed by atoms with Crippen molar-refractivity contribution >= 4 is 0 Å². The van der Waals surface area contributed by atoms with Gasteiger partial charge in [0.15, 0.2) is 0 Å². The summed E-state index contributed by atoms with van der Waals surface area (Å²) in [7, 11) is 0. The van der Waals surface area contributed by atoms with E-state index in [9.17, 15) is 0 Å². The quantitative estimate of drug-likeness (QED) is 0.634. The van der Waals surface area contributed by atoms with Crippen LogP contribution in [0, 0.1) is 5.92 Å². The van der Waals surface area contributed by atoms with Crippen LogP contribution < -0.4 is 0 Å². The predicted molar refractivity (Wildman–Crippen MR) is 71.2 cm³/mol. The molecule has 16 heavy (non-hydrogen) atoms. The summed E-state index contributed by atoms with van der Waals surface area (Å²) in [6.45, 7) is 6.01. The first-order valence-corrected chi connectivity index (χ1v) is 6.14. The molecule has 0 saturated carbocycles. The molecule has 0 aromatic carbocycles. The Hall–Kier alpha value is -1.30. The maximum absolute atomic E-state index is 3.82. The van der Waals surface area contributed by atoms with Gasteiger partial charge in [0.1, 0.15) is 0 Å². The van der Waals surface area contributed by atoms with Gasteiger partial charge in [0, 0.05) is 0 Å². The van der Waals surface area contributed by atoms with Crippen LogP contribution in [0.3, 0.4) is 0 Å². The lowest BCUT2D eigenvalue weighted by Gasteiger charge is -2.19. The molecule has 2 aliphatic carbocycles. The summed E-state index contributed by atoms with van der Waals surface area (Å²) in [6.07, 6.45) is 18.2. The van der Waals surface area contributed by atoms with E-state index < -0.39 is 0 Å². The molecule has 2 rings (SSSR count). The minimum atomic E-state index is 0.718. The van der Waals surface area contributed by atoms with Crippen molar-refractivity contribution in [2.75, 3.05) is 0 Å². The molecule has 0 fully saturated rings. The van der Waals surface area contributed by atoms with Crippen LogP contribution in [0.5, 0.6) is 0 Å². The van der Waals surface area contributed by atoms with Crippen LogP contribution in [0.4, 0.5) is 0 Å². The van der Waals surface area contributed by atoms with Gasteiger partial charge in [-0.2, -0.15) is 0 Å². The van der Waals surface area contributed by atoms with E-state index in [-0.39, 0.29) is 0 Å². The van der Waals surface area contributed by atoms with Gasteiger partial charge >= 0.3 is 0 Å². The molecule has 0 spiro atoms. The topological polar surface area (TPSA) is 0 Å². The third-order valence-corrected chi connectivity index (χ3v) is 3.37. The molecule has 1 unspecified atom stereocenters. The van der Waals surface area contributed by atoms with Crippen molar-refractivity contribution in [3.8, 4) is 0 Å². The van der Waals surface area contributed by atoms with Gasteiger partial charge in [0.25, 0.3) is 0 Å². The van der Waals surface area contributed by atoms with Gasteiger partial charge in [-0.3, -0.25) is 0 Å². The summed E-state index contributed by atoms with van der Waals surface area (Å²) in [5, 5.41) is 0. The maximum Gasteiger partial charge on any atom is -0.0156 e. The third kappa shape index (κ3) is 2.85. The Morgan fingerprint density at radius 3 is 2.88 bits per heavy atom. The second-order valence-electron chi connectivity index (χ2n) is 4.78. The molecule has 0 bridgehead atoms. The second-order valence-corrected chi connectivity index (χ2v) is 4.78. The van der Waals surface area contributed by atoms with E-state index in [2.05, 4.69) is 43.9 Å². The zero-order valence-electron chi connectivity index (χ0n) is 10.1. The SMILES string of the molecule is C=CC1=CC=C(CC2C=C(C)C=CC2)CC1. The minimum Gasteiger partial charge on any atom is -0.0988 e. The first kappa shape index (κ1) is 11.2. The normalized spacial score (nSPS) is 24.6. The van der Waals surface area contributed by atoms with Crippen molar-refractivity contribution < 1.29 is 0 Å². The molecule has 0 heteroatoms. The smallest absolute Gasteiger partial charge is 0.0156 e. The van der Waals surface area contributed by atoms with Crippen LogP contribution in [0.2, 0.25) is 0 Å². The number of allylic oxidation sites excluding steroid dienone is 9. The highest BCUT2D eigenvalue weighted by Gasteiger charge is 2.12. The molecule has 0 radical (unpaired) electrons. The monoisotopic (exact) mass is 212 g/mol. The highest BCUT2D eigenvalue weighted by Crippen LogP contribution is 2.28. The molecule has 0 aromatic heterocycles. The van der Waals surface area contributed by atoms with Crippen LogP contribution in [-0.2, 0) is 0 Å². The van der Waals surface area contributed by atoms with Crippen molar-refractivity contribution in [1.29, 1.82) is 0 Å². The summed E-state index contributed by atoms with van der Waals surface area (Å²) >= 11 is 0. The Morgan fingerprint density at radius 1 is 1.38 bits per heavy atom. The van der Waals surface area contributed by atoms with Crippen LogP contribution in [-0.4, -0.2) is 0 Å². The van der Waals surface area contributed by atoms with Crippen molar-refractivity contribution in [3.05, 3.63) is 59.8 Å². The zero-order chi connectivity index (χ0) is 11.4. The summed E-state index contributed by atoms with van der Waals surface area (Å²) in [5.74, 6) is 0.718.